The molecule has 0 atom stereocenters. The minimum atomic E-state index is -0.663. The molecule has 0 radical (unpaired) electrons. The third-order valence-electron chi connectivity index (χ3n) is 1.56. The zero-order valence-corrected chi connectivity index (χ0v) is 8.70. The van der Waals surface area contributed by atoms with E-state index in [9.17, 15) is 8.78 Å². The summed E-state index contributed by atoms with van der Waals surface area (Å²) in [4.78, 5) is 0. The van der Waals surface area contributed by atoms with E-state index in [-0.39, 0.29) is 12.4 Å². The molecule has 13 heavy (non-hydrogen) atoms. The van der Waals surface area contributed by atoms with Gasteiger partial charge in [-0.3, -0.25) is 0 Å². The van der Waals surface area contributed by atoms with Gasteiger partial charge in [-0.25, -0.2) is 8.78 Å². The minimum Gasteiger partial charge on any atom is -0.488 e. The largest absolute Gasteiger partial charge is 0.488 e. The standard InChI is InChI=1S/C9H9BrF2O/c1-2-13-9-7(11)4-3-6(5-10)8(9)12/h3-4H,2,5H2,1H3. The van der Waals surface area contributed by atoms with Crippen LogP contribution in [0.15, 0.2) is 12.1 Å². The van der Waals surface area contributed by atoms with Gasteiger partial charge in [-0.15, -0.1) is 0 Å². The van der Waals surface area contributed by atoms with Crippen LogP contribution in [0.2, 0.25) is 0 Å². The van der Waals surface area contributed by atoms with Crippen LogP contribution in [0.4, 0.5) is 8.78 Å². The lowest BCUT2D eigenvalue weighted by atomic mass is 10.2. The Bertz CT molecular complexity index is 302. The summed E-state index contributed by atoms with van der Waals surface area (Å²) in [6.07, 6.45) is 0. The smallest absolute Gasteiger partial charge is 0.191 e. The Balaban J connectivity index is 3.13. The molecular weight excluding hydrogens is 242 g/mol. The summed E-state index contributed by atoms with van der Waals surface area (Å²) in [7, 11) is 0. The van der Waals surface area contributed by atoms with Crippen molar-refractivity contribution in [2.45, 2.75) is 12.3 Å². The van der Waals surface area contributed by atoms with Crippen LogP contribution < -0.4 is 4.74 Å². The zero-order chi connectivity index (χ0) is 9.84. The van der Waals surface area contributed by atoms with Gasteiger partial charge < -0.3 is 4.74 Å². The van der Waals surface area contributed by atoms with Gasteiger partial charge in [0.15, 0.2) is 17.4 Å². The summed E-state index contributed by atoms with van der Waals surface area (Å²) < 4.78 is 31.1. The van der Waals surface area contributed by atoms with E-state index in [1.54, 1.807) is 6.92 Å². The maximum Gasteiger partial charge on any atom is 0.191 e. The van der Waals surface area contributed by atoms with Gasteiger partial charge in [0, 0.05) is 10.9 Å². The van der Waals surface area contributed by atoms with E-state index in [0.717, 1.165) is 0 Å². The Labute approximate surface area is 83.8 Å². The Morgan fingerprint density at radius 1 is 1.38 bits per heavy atom. The van der Waals surface area contributed by atoms with Gasteiger partial charge in [0.2, 0.25) is 0 Å². The number of benzene rings is 1. The Hall–Kier alpha value is -0.640. The van der Waals surface area contributed by atoms with Gasteiger partial charge >= 0.3 is 0 Å². The fraction of sp³-hybridized carbons (Fsp3) is 0.333. The van der Waals surface area contributed by atoms with Crippen molar-refractivity contribution in [3.63, 3.8) is 0 Å². The molecule has 0 saturated carbocycles. The fourth-order valence-corrected chi connectivity index (χ4v) is 1.39. The molecule has 0 aliphatic heterocycles. The van der Waals surface area contributed by atoms with Crippen LogP contribution in [-0.2, 0) is 5.33 Å². The topological polar surface area (TPSA) is 9.23 Å². The molecule has 0 fully saturated rings. The molecule has 4 heteroatoms. The summed E-state index contributed by atoms with van der Waals surface area (Å²) in [5, 5.41) is 0.346. The van der Waals surface area contributed by atoms with Gasteiger partial charge in [0.1, 0.15) is 0 Å². The molecule has 0 spiro atoms. The second-order valence-corrected chi connectivity index (χ2v) is 2.98. The van der Waals surface area contributed by atoms with E-state index in [0.29, 0.717) is 10.9 Å². The van der Waals surface area contributed by atoms with Crippen molar-refractivity contribution in [2.75, 3.05) is 6.61 Å². The van der Waals surface area contributed by atoms with Gasteiger partial charge in [0.05, 0.1) is 6.61 Å². The van der Waals surface area contributed by atoms with Gasteiger partial charge in [0.25, 0.3) is 0 Å². The molecule has 0 unspecified atom stereocenters. The first kappa shape index (κ1) is 10.4. The maximum atomic E-state index is 13.3. The predicted molar refractivity (Wildman–Crippen MR) is 50.2 cm³/mol. The van der Waals surface area contributed by atoms with E-state index in [1.807, 2.05) is 0 Å². The van der Waals surface area contributed by atoms with Crippen LogP contribution in [0.1, 0.15) is 12.5 Å². The van der Waals surface area contributed by atoms with E-state index in [4.69, 9.17) is 4.74 Å². The van der Waals surface area contributed by atoms with Gasteiger partial charge in [-0.1, -0.05) is 22.0 Å². The highest BCUT2D eigenvalue weighted by Gasteiger charge is 2.13. The SMILES string of the molecule is CCOc1c(F)ccc(CBr)c1F. The Morgan fingerprint density at radius 3 is 2.62 bits per heavy atom. The second kappa shape index (κ2) is 4.56. The summed E-state index contributed by atoms with van der Waals surface area (Å²) in [5.74, 6) is -1.58. The molecule has 0 aliphatic carbocycles. The number of halogens is 3. The fourth-order valence-electron chi connectivity index (χ4n) is 0.953. The molecule has 0 saturated heterocycles. The number of rotatable bonds is 3. The average molecular weight is 251 g/mol. The van der Waals surface area contributed by atoms with Crippen molar-refractivity contribution in [1.82, 2.24) is 0 Å². The number of ether oxygens (including phenoxy) is 1. The average Bonchev–Trinajstić information content (AvgIpc) is 2.12. The molecule has 1 aromatic rings. The first-order valence-electron chi connectivity index (χ1n) is 3.86. The van der Waals surface area contributed by atoms with Crippen LogP contribution in [0.25, 0.3) is 0 Å². The van der Waals surface area contributed by atoms with E-state index in [2.05, 4.69) is 15.9 Å². The van der Waals surface area contributed by atoms with Gasteiger partial charge in [-0.2, -0.15) is 0 Å². The van der Waals surface area contributed by atoms with Crippen molar-refractivity contribution in [3.05, 3.63) is 29.3 Å². The second-order valence-electron chi connectivity index (χ2n) is 2.42. The normalized spacial score (nSPS) is 10.2. The molecule has 0 N–H and O–H groups in total. The van der Waals surface area contributed by atoms with Crippen LogP contribution in [0.3, 0.4) is 0 Å². The van der Waals surface area contributed by atoms with Gasteiger partial charge in [-0.05, 0) is 13.0 Å². The molecule has 1 aromatic carbocycles. The maximum absolute atomic E-state index is 13.3. The third-order valence-corrected chi connectivity index (χ3v) is 2.17. The first-order chi connectivity index (χ1) is 6.20. The number of hydrogen-bond acceptors (Lipinski definition) is 1. The summed E-state index contributed by atoms with van der Waals surface area (Å²) in [6, 6.07) is 2.59. The lowest BCUT2D eigenvalue weighted by molar-refractivity contribution is 0.302. The van der Waals surface area contributed by atoms with Crippen molar-refractivity contribution in [2.24, 2.45) is 0 Å². The van der Waals surface area contributed by atoms with Crippen molar-refractivity contribution in [1.29, 1.82) is 0 Å². The van der Waals surface area contributed by atoms with Crippen LogP contribution in [0, 0.1) is 11.6 Å². The number of hydrogen-bond donors (Lipinski definition) is 0. The molecule has 1 rings (SSSR count). The monoisotopic (exact) mass is 250 g/mol. The summed E-state index contributed by atoms with van der Waals surface area (Å²) in [5.41, 5.74) is 0.393. The van der Waals surface area contributed by atoms with E-state index < -0.39 is 11.6 Å². The lowest BCUT2D eigenvalue weighted by Crippen LogP contribution is -2.00. The molecule has 0 aromatic heterocycles. The summed E-state index contributed by atoms with van der Waals surface area (Å²) in [6.45, 7) is 1.93. The zero-order valence-electron chi connectivity index (χ0n) is 7.11. The van der Waals surface area contributed by atoms with Crippen LogP contribution >= 0.6 is 15.9 Å². The van der Waals surface area contributed by atoms with Crippen LogP contribution in [0.5, 0.6) is 5.75 Å². The molecule has 72 valence electrons. The third kappa shape index (κ3) is 2.18. The molecule has 1 nitrogen and oxygen atoms in total. The molecule has 0 amide bonds. The molecule has 0 aliphatic rings. The van der Waals surface area contributed by atoms with Crippen molar-refractivity contribution < 1.29 is 13.5 Å². The van der Waals surface area contributed by atoms with E-state index >= 15 is 0 Å². The highest BCUT2D eigenvalue weighted by atomic mass is 79.9. The Kier molecular flexibility index (Phi) is 3.66. The number of alkyl halides is 1. The van der Waals surface area contributed by atoms with E-state index in [1.165, 1.54) is 12.1 Å². The highest BCUT2D eigenvalue weighted by molar-refractivity contribution is 9.08. The molecule has 0 bridgehead atoms. The summed E-state index contributed by atoms with van der Waals surface area (Å²) >= 11 is 3.10. The minimum absolute atomic E-state index is 0.250. The van der Waals surface area contributed by atoms with Crippen molar-refractivity contribution >= 4 is 15.9 Å². The van der Waals surface area contributed by atoms with Crippen molar-refractivity contribution in [3.8, 4) is 5.75 Å². The molecular formula is C9H9BrF2O. The highest BCUT2D eigenvalue weighted by Crippen LogP contribution is 2.25. The Morgan fingerprint density at radius 2 is 2.08 bits per heavy atom. The lowest BCUT2D eigenvalue weighted by Gasteiger charge is -2.07. The first-order valence-corrected chi connectivity index (χ1v) is 4.98. The molecule has 0 heterocycles. The quantitative estimate of drug-likeness (QED) is 0.749. The van der Waals surface area contributed by atoms with Crippen LogP contribution in [-0.4, -0.2) is 6.61 Å². The predicted octanol–water partition coefficient (Wildman–Crippen LogP) is 3.26.